The van der Waals surface area contributed by atoms with Crippen LogP contribution < -0.4 is 44.2 Å². The molecule has 0 radical (unpaired) electrons. The number of fused-ring (bicyclic) bond motifs is 2. The Bertz CT molecular complexity index is 1390. The van der Waals surface area contributed by atoms with Crippen molar-refractivity contribution in [1.82, 2.24) is 31.1 Å². The van der Waals surface area contributed by atoms with Gasteiger partial charge in [-0.3, -0.25) is 33.8 Å². The number of amides is 6. The number of carboxylic acid groups (broad SMARTS) is 1. The van der Waals surface area contributed by atoms with E-state index in [1.165, 1.54) is 16.7 Å². The first-order valence-electron chi connectivity index (χ1n) is 18.1. The summed E-state index contributed by atoms with van der Waals surface area (Å²) in [6.07, 6.45) is 1.67. The van der Waals surface area contributed by atoms with Crippen molar-refractivity contribution in [3.05, 3.63) is 0 Å². The molecule has 3 saturated heterocycles. The number of hydrogen-bond acceptors (Lipinski definition) is 13. The highest BCUT2D eigenvalue weighted by Crippen LogP contribution is 2.27. The molecular formula is C32H55N11O9S2. The normalized spacial score (nSPS) is 28.9. The number of carboxylic acids is 1. The van der Waals surface area contributed by atoms with E-state index in [1.807, 2.05) is 0 Å². The van der Waals surface area contributed by atoms with Gasteiger partial charge < -0.3 is 64.2 Å². The van der Waals surface area contributed by atoms with Crippen molar-refractivity contribution in [3.8, 4) is 0 Å². The molecule has 6 amide bonds. The molecule has 3 aliphatic heterocycles. The molecule has 3 rings (SSSR count). The van der Waals surface area contributed by atoms with Gasteiger partial charge in [-0.1, -0.05) is 21.6 Å². The number of unbranched alkanes of at least 4 members (excludes halogenated alkanes) is 1. The molecule has 20 nitrogen and oxygen atoms in total. The van der Waals surface area contributed by atoms with Crippen LogP contribution in [-0.2, 0) is 33.6 Å². The van der Waals surface area contributed by atoms with Gasteiger partial charge in [0.25, 0.3) is 0 Å². The van der Waals surface area contributed by atoms with Crippen molar-refractivity contribution in [2.45, 2.75) is 113 Å². The van der Waals surface area contributed by atoms with Crippen LogP contribution in [0.25, 0.3) is 0 Å². The fourth-order valence-corrected chi connectivity index (χ4v) is 8.74. The second kappa shape index (κ2) is 21.9. The molecule has 304 valence electrons. The van der Waals surface area contributed by atoms with Crippen molar-refractivity contribution >= 4 is 69.0 Å². The van der Waals surface area contributed by atoms with Gasteiger partial charge in [0, 0.05) is 31.1 Å². The molecule has 54 heavy (non-hydrogen) atoms. The molecule has 0 aromatic heterocycles. The average molecular weight is 802 g/mol. The zero-order valence-electron chi connectivity index (χ0n) is 30.4. The first-order valence-corrected chi connectivity index (χ1v) is 20.6. The van der Waals surface area contributed by atoms with Crippen molar-refractivity contribution in [1.29, 1.82) is 0 Å². The van der Waals surface area contributed by atoms with Crippen molar-refractivity contribution in [3.63, 3.8) is 0 Å². The van der Waals surface area contributed by atoms with E-state index in [0.29, 0.717) is 45.1 Å². The zero-order chi connectivity index (χ0) is 39.9. The minimum absolute atomic E-state index is 0.0309. The van der Waals surface area contributed by atoms with E-state index in [-0.39, 0.29) is 56.4 Å². The van der Waals surface area contributed by atoms with E-state index in [2.05, 4.69) is 26.3 Å². The molecule has 3 fully saturated rings. The van der Waals surface area contributed by atoms with Gasteiger partial charge >= 0.3 is 5.97 Å². The van der Waals surface area contributed by atoms with Gasteiger partial charge in [-0.25, -0.2) is 4.79 Å². The fourth-order valence-electron chi connectivity index (χ4n) is 6.46. The van der Waals surface area contributed by atoms with E-state index in [9.17, 15) is 43.8 Å². The Labute approximate surface area is 321 Å². The second-order valence-electron chi connectivity index (χ2n) is 13.5. The van der Waals surface area contributed by atoms with Crippen LogP contribution in [0, 0.1) is 0 Å². The van der Waals surface area contributed by atoms with Crippen LogP contribution in [0.2, 0.25) is 0 Å². The summed E-state index contributed by atoms with van der Waals surface area (Å²) in [4.78, 5) is 101. The van der Waals surface area contributed by atoms with Gasteiger partial charge in [0.1, 0.15) is 36.3 Å². The number of nitrogens with zero attached hydrogens (tertiary/aromatic N) is 3. The maximum atomic E-state index is 14.1. The molecule has 3 aliphatic rings. The summed E-state index contributed by atoms with van der Waals surface area (Å²) < 4.78 is 0. The molecule has 0 saturated carbocycles. The van der Waals surface area contributed by atoms with Gasteiger partial charge in [0.2, 0.25) is 35.4 Å². The molecule has 14 N–H and O–H groups in total. The molecule has 0 aromatic carbocycles. The number of rotatable bonds is 10. The van der Waals surface area contributed by atoms with E-state index < -0.39 is 89.8 Å². The van der Waals surface area contributed by atoms with Crippen molar-refractivity contribution in [2.24, 2.45) is 27.9 Å². The van der Waals surface area contributed by atoms with E-state index in [1.54, 1.807) is 0 Å². The van der Waals surface area contributed by atoms with Crippen molar-refractivity contribution in [2.75, 3.05) is 37.7 Å². The Morgan fingerprint density at radius 3 is 2.06 bits per heavy atom. The van der Waals surface area contributed by atoms with Gasteiger partial charge in [0.05, 0.1) is 12.1 Å². The molecule has 0 aromatic rings. The van der Waals surface area contributed by atoms with Gasteiger partial charge in [-0.05, 0) is 71.3 Å². The Kier molecular flexibility index (Phi) is 18.0. The third-order valence-corrected chi connectivity index (χ3v) is 11.8. The van der Waals surface area contributed by atoms with Crippen LogP contribution in [-0.4, -0.2) is 153 Å². The Morgan fingerprint density at radius 2 is 1.43 bits per heavy atom. The average Bonchev–Trinajstić information content (AvgIpc) is 3.82. The number of guanidine groups is 1. The molecule has 3 heterocycles. The smallest absolute Gasteiger partial charge is 0.327 e. The Hall–Kier alpha value is -3.86. The molecule has 6 unspecified atom stereocenters. The number of carbonyl (C=O) groups is 7. The highest BCUT2D eigenvalue weighted by atomic mass is 33.1. The lowest BCUT2D eigenvalue weighted by Gasteiger charge is -2.34. The molecule has 22 heteroatoms. The van der Waals surface area contributed by atoms with Crippen LogP contribution in [0.15, 0.2) is 4.99 Å². The summed E-state index contributed by atoms with van der Waals surface area (Å²) in [7, 11) is 2.08. The lowest BCUT2D eigenvalue weighted by atomic mass is 10.0. The largest absolute Gasteiger partial charge is 0.480 e. The quantitative estimate of drug-likeness (QED) is 0.0440. The van der Waals surface area contributed by atoms with Crippen LogP contribution in [0.3, 0.4) is 0 Å². The topological polar surface area (TPSA) is 331 Å². The number of nitrogens with two attached hydrogens (primary N) is 4. The van der Waals surface area contributed by atoms with Gasteiger partial charge in [0.15, 0.2) is 5.96 Å². The summed E-state index contributed by atoms with van der Waals surface area (Å²) in [5, 5.41) is 30.6. The number of aliphatic imine (C=N–C) groups is 1. The molecule has 8 atom stereocenters. The van der Waals surface area contributed by atoms with E-state index in [4.69, 9.17) is 22.9 Å². The fraction of sp³-hybridized carbons (Fsp3) is 0.750. The summed E-state index contributed by atoms with van der Waals surface area (Å²) in [6.45, 7) is 2.21. The number of aliphatic carboxylic acids is 1. The minimum atomic E-state index is -1.48. The maximum absolute atomic E-state index is 14.1. The summed E-state index contributed by atoms with van der Waals surface area (Å²) in [6, 6.07) is -8.28. The number of aliphatic hydroxyl groups is 1. The number of aliphatic hydroxyl groups excluding tert-OH is 1. The molecule has 0 bridgehead atoms. The Balaban J connectivity index is 1.97. The number of hydrogen-bond donors (Lipinski definition) is 10. The number of carbonyl (C=O) groups excluding carboxylic acids is 6. The zero-order valence-corrected chi connectivity index (χ0v) is 32.1. The van der Waals surface area contributed by atoms with Crippen LogP contribution in [0.4, 0.5) is 0 Å². The van der Waals surface area contributed by atoms with Crippen molar-refractivity contribution < 1.29 is 43.8 Å². The maximum Gasteiger partial charge on any atom is 0.327 e. The first-order chi connectivity index (χ1) is 25.7. The predicted octanol–water partition coefficient (Wildman–Crippen LogP) is -3.72. The molecular weight excluding hydrogens is 747 g/mol. The molecule has 0 spiro atoms. The monoisotopic (exact) mass is 801 g/mol. The highest BCUT2D eigenvalue weighted by Gasteiger charge is 2.44. The lowest BCUT2D eigenvalue weighted by Crippen LogP contribution is -2.60. The standard InChI is InChI=1S/C32H55N11O9S2/c1-17(44)24-28(48)39-20(7-2-3-11-33)29(49)43-14-6-10-23(43)30(50)42-13-5-9-22(42)27(47)38-19(8-4-12-37-32(35)36)26(46)40-21(31(51)52)16-54-53-15-18(34)25(45)41-24/h17-24,44H,2-16,33-34H2,1H3,(H,38,47)(H,39,48)(H,40,46)(H,41,45)(H,51,52)(H4,35,36,37)/t17-,18+,19?,20?,21?,22?,23?,24?/m1/s1. The minimum Gasteiger partial charge on any atom is -0.480 e. The van der Waals surface area contributed by atoms with E-state index >= 15 is 0 Å². The SMILES string of the molecule is C[C@@H](O)C1NC(=O)[C@@H](N)CSSCC(C(=O)O)NC(=O)C(CCCN=C(N)N)NC(=O)C2CCCN2C(=O)C2CCCN2C(=O)C(CCCCN)NC1=O. The van der Waals surface area contributed by atoms with Gasteiger partial charge in [-0.15, -0.1) is 0 Å². The highest BCUT2D eigenvalue weighted by molar-refractivity contribution is 8.76. The number of nitrogens with one attached hydrogen (secondary N) is 4. The first kappa shape index (κ1) is 44.5. The third kappa shape index (κ3) is 12.9. The Morgan fingerprint density at radius 1 is 0.815 bits per heavy atom. The second-order valence-corrected chi connectivity index (χ2v) is 16.1. The van der Waals surface area contributed by atoms with E-state index in [0.717, 1.165) is 21.6 Å². The third-order valence-electron chi connectivity index (χ3n) is 9.38. The lowest BCUT2D eigenvalue weighted by molar-refractivity contribution is -0.148. The van der Waals surface area contributed by atoms with Crippen LogP contribution in [0.1, 0.15) is 64.7 Å². The summed E-state index contributed by atoms with van der Waals surface area (Å²) >= 11 is 0. The predicted molar refractivity (Wildman–Crippen MR) is 202 cm³/mol. The van der Waals surface area contributed by atoms with Crippen LogP contribution in [0.5, 0.6) is 0 Å². The van der Waals surface area contributed by atoms with Crippen LogP contribution >= 0.6 is 21.6 Å². The molecule has 0 aliphatic carbocycles. The summed E-state index contributed by atoms with van der Waals surface area (Å²) in [5.41, 5.74) is 22.6. The summed E-state index contributed by atoms with van der Waals surface area (Å²) in [5.74, 6) is -5.66. The van der Waals surface area contributed by atoms with Gasteiger partial charge in [-0.2, -0.15) is 0 Å².